The monoisotopic (exact) mass is 391 g/mol. The maximum absolute atomic E-state index is 12.3. The van der Waals surface area contributed by atoms with Crippen LogP contribution in [0.25, 0.3) is 0 Å². The van der Waals surface area contributed by atoms with Gasteiger partial charge in [0.25, 0.3) is 5.91 Å². The van der Waals surface area contributed by atoms with E-state index < -0.39 is 17.4 Å². The number of imide groups is 1. The molecular weight excluding hydrogens is 362 g/mol. The van der Waals surface area contributed by atoms with Gasteiger partial charge in [-0.05, 0) is 19.4 Å². The van der Waals surface area contributed by atoms with Gasteiger partial charge in [0.1, 0.15) is 6.10 Å². The molecule has 1 aromatic rings. The number of nitrogens with zero attached hydrogens (tertiary/aromatic N) is 5. The molecule has 0 spiro atoms. The van der Waals surface area contributed by atoms with E-state index in [0.717, 1.165) is 45.6 Å². The number of amides is 2. The van der Waals surface area contributed by atoms with Gasteiger partial charge in [-0.3, -0.25) is 19.4 Å². The summed E-state index contributed by atoms with van der Waals surface area (Å²) in [4.78, 5) is 38.4. The Bertz CT molecular complexity index is 701. The molecule has 2 amide bonds. The fourth-order valence-corrected chi connectivity index (χ4v) is 3.68. The van der Waals surface area contributed by atoms with Crippen LogP contribution in [0.15, 0.2) is 12.4 Å². The Hall–Kier alpha value is -2.26. The van der Waals surface area contributed by atoms with Crippen molar-refractivity contribution in [3.8, 4) is 5.75 Å². The molecule has 9 nitrogen and oxygen atoms in total. The number of hydrogen-bond acceptors (Lipinski definition) is 8. The minimum Gasteiger partial charge on any atom is -0.505 e. The minimum atomic E-state index is -1.11. The van der Waals surface area contributed by atoms with Crippen molar-refractivity contribution in [3.63, 3.8) is 0 Å². The first-order chi connectivity index (χ1) is 13.3. The van der Waals surface area contributed by atoms with E-state index in [9.17, 15) is 19.8 Å². The summed E-state index contributed by atoms with van der Waals surface area (Å²) in [6.45, 7) is 8.16. The number of aliphatic hydroxyl groups excluding tert-OH is 1. The molecule has 0 aliphatic carbocycles. The van der Waals surface area contributed by atoms with Crippen molar-refractivity contribution < 1.29 is 19.8 Å². The molecule has 1 atom stereocenters. The standard InChI is InChI=1S/C19H29N5O4/c1-19(2)11-15(26)24(17(28)16(19)27)6-4-3-5-22-7-9-23(10-8-22)18-20-12-14(25)13-21-18/h12-13,16,25,27H,3-11H2,1-2H3. The summed E-state index contributed by atoms with van der Waals surface area (Å²) >= 11 is 0. The molecule has 0 radical (unpaired) electrons. The van der Waals surface area contributed by atoms with Crippen LogP contribution in [0, 0.1) is 5.41 Å². The van der Waals surface area contributed by atoms with Crippen molar-refractivity contribution in [2.75, 3.05) is 44.2 Å². The largest absolute Gasteiger partial charge is 0.505 e. The molecule has 9 heteroatoms. The third-order valence-electron chi connectivity index (χ3n) is 5.53. The Morgan fingerprint density at radius 3 is 2.32 bits per heavy atom. The third kappa shape index (κ3) is 4.59. The summed E-state index contributed by atoms with van der Waals surface area (Å²) in [7, 11) is 0. The van der Waals surface area contributed by atoms with Gasteiger partial charge in [-0.15, -0.1) is 0 Å². The van der Waals surface area contributed by atoms with Crippen molar-refractivity contribution in [2.45, 2.75) is 39.2 Å². The first-order valence-corrected chi connectivity index (χ1v) is 9.78. The second-order valence-electron chi connectivity index (χ2n) is 8.23. The first-order valence-electron chi connectivity index (χ1n) is 9.78. The fourth-order valence-electron chi connectivity index (χ4n) is 3.68. The highest BCUT2D eigenvalue weighted by Gasteiger charge is 2.45. The summed E-state index contributed by atoms with van der Waals surface area (Å²) in [5.41, 5.74) is -0.689. The summed E-state index contributed by atoms with van der Waals surface area (Å²) in [6.07, 6.45) is 3.49. The Balaban J connectivity index is 1.38. The number of rotatable bonds is 6. The van der Waals surface area contributed by atoms with Crippen LogP contribution in [0.5, 0.6) is 5.75 Å². The average Bonchev–Trinajstić information content (AvgIpc) is 2.66. The summed E-state index contributed by atoms with van der Waals surface area (Å²) in [5, 5.41) is 19.4. The van der Waals surface area contributed by atoms with Crippen LogP contribution in [0.2, 0.25) is 0 Å². The van der Waals surface area contributed by atoms with Crippen LogP contribution >= 0.6 is 0 Å². The zero-order valence-electron chi connectivity index (χ0n) is 16.5. The molecule has 3 heterocycles. The van der Waals surface area contributed by atoms with E-state index >= 15 is 0 Å². The Kier molecular flexibility index (Phi) is 6.14. The lowest BCUT2D eigenvalue weighted by atomic mass is 9.79. The molecule has 2 aliphatic heterocycles. The van der Waals surface area contributed by atoms with E-state index in [0.29, 0.717) is 12.5 Å². The van der Waals surface area contributed by atoms with Crippen molar-refractivity contribution in [1.82, 2.24) is 19.8 Å². The molecule has 2 N–H and O–H groups in total. The average molecular weight is 391 g/mol. The van der Waals surface area contributed by atoms with Crippen molar-refractivity contribution in [2.24, 2.45) is 5.41 Å². The lowest BCUT2D eigenvalue weighted by Gasteiger charge is -2.39. The number of piperazine rings is 1. The normalized spacial score (nSPS) is 23.3. The highest BCUT2D eigenvalue weighted by atomic mass is 16.3. The van der Waals surface area contributed by atoms with Gasteiger partial charge in [-0.25, -0.2) is 9.97 Å². The number of aromatic nitrogens is 2. The molecule has 2 saturated heterocycles. The number of likely N-dealkylation sites (tertiary alicyclic amines) is 1. The topological polar surface area (TPSA) is 110 Å². The smallest absolute Gasteiger partial charge is 0.258 e. The predicted molar refractivity (Wildman–Crippen MR) is 103 cm³/mol. The number of unbranched alkanes of at least 4 members (excludes halogenated alkanes) is 1. The number of carbonyl (C=O) groups excluding carboxylic acids is 2. The number of piperidine rings is 1. The molecule has 0 saturated carbocycles. The molecule has 2 aliphatic rings. The van der Waals surface area contributed by atoms with Gasteiger partial charge >= 0.3 is 0 Å². The zero-order chi connectivity index (χ0) is 20.3. The highest BCUT2D eigenvalue weighted by molar-refractivity contribution is 6.00. The van der Waals surface area contributed by atoms with Gasteiger partial charge in [0.15, 0.2) is 5.75 Å². The van der Waals surface area contributed by atoms with Gasteiger partial charge in [0.05, 0.1) is 12.4 Å². The summed E-state index contributed by atoms with van der Waals surface area (Å²) in [6, 6.07) is 0. The zero-order valence-corrected chi connectivity index (χ0v) is 16.5. The van der Waals surface area contributed by atoms with E-state index in [2.05, 4.69) is 19.8 Å². The van der Waals surface area contributed by atoms with E-state index in [1.54, 1.807) is 13.8 Å². The Morgan fingerprint density at radius 2 is 1.68 bits per heavy atom. The lowest BCUT2D eigenvalue weighted by Crippen LogP contribution is -2.55. The van der Waals surface area contributed by atoms with E-state index in [1.165, 1.54) is 17.3 Å². The van der Waals surface area contributed by atoms with E-state index in [4.69, 9.17) is 0 Å². The van der Waals surface area contributed by atoms with Crippen LogP contribution in [0.1, 0.15) is 33.1 Å². The number of anilines is 1. The van der Waals surface area contributed by atoms with E-state index in [1.807, 2.05) is 0 Å². The molecular formula is C19H29N5O4. The molecule has 2 fully saturated rings. The van der Waals surface area contributed by atoms with Gasteiger partial charge in [-0.2, -0.15) is 0 Å². The molecule has 0 bridgehead atoms. The number of aromatic hydroxyl groups is 1. The molecule has 1 unspecified atom stereocenters. The first kappa shape index (κ1) is 20.5. The lowest BCUT2D eigenvalue weighted by molar-refractivity contribution is -0.164. The second-order valence-corrected chi connectivity index (χ2v) is 8.23. The van der Waals surface area contributed by atoms with Gasteiger partial charge in [0, 0.05) is 44.6 Å². The number of hydrogen-bond donors (Lipinski definition) is 2. The van der Waals surface area contributed by atoms with Gasteiger partial charge < -0.3 is 15.1 Å². The third-order valence-corrected chi connectivity index (χ3v) is 5.53. The fraction of sp³-hybridized carbons (Fsp3) is 0.684. The van der Waals surface area contributed by atoms with Crippen LogP contribution in [-0.2, 0) is 9.59 Å². The van der Waals surface area contributed by atoms with Gasteiger partial charge in [0.2, 0.25) is 11.9 Å². The second kappa shape index (κ2) is 8.40. The minimum absolute atomic E-state index is 0.0594. The highest BCUT2D eigenvalue weighted by Crippen LogP contribution is 2.32. The molecule has 3 rings (SSSR count). The van der Waals surface area contributed by atoms with Gasteiger partial charge in [-0.1, -0.05) is 13.8 Å². The van der Waals surface area contributed by atoms with Crippen LogP contribution in [0.3, 0.4) is 0 Å². The van der Waals surface area contributed by atoms with Crippen LogP contribution in [0.4, 0.5) is 5.95 Å². The summed E-state index contributed by atoms with van der Waals surface area (Å²) < 4.78 is 0. The molecule has 1 aromatic heterocycles. The quantitative estimate of drug-likeness (QED) is 0.524. The van der Waals surface area contributed by atoms with Crippen molar-refractivity contribution in [1.29, 1.82) is 0 Å². The Labute approximate surface area is 165 Å². The molecule has 0 aromatic carbocycles. The maximum Gasteiger partial charge on any atom is 0.258 e. The van der Waals surface area contributed by atoms with Crippen LogP contribution in [-0.4, -0.2) is 87.2 Å². The molecule has 154 valence electrons. The molecule has 28 heavy (non-hydrogen) atoms. The van der Waals surface area contributed by atoms with Crippen molar-refractivity contribution in [3.05, 3.63) is 12.4 Å². The van der Waals surface area contributed by atoms with E-state index in [-0.39, 0.29) is 18.1 Å². The maximum atomic E-state index is 12.3. The number of carbonyl (C=O) groups is 2. The SMILES string of the molecule is CC1(C)CC(=O)N(CCCCN2CCN(c3ncc(O)cn3)CC2)C(=O)C1O. The Morgan fingerprint density at radius 1 is 1.07 bits per heavy atom. The number of aliphatic hydroxyl groups is 1. The summed E-state index contributed by atoms with van der Waals surface area (Å²) in [5.74, 6) is 0.0248. The van der Waals surface area contributed by atoms with Crippen LogP contribution < -0.4 is 4.90 Å². The predicted octanol–water partition coefficient (Wildman–Crippen LogP) is 0.230. The van der Waals surface area contributed by atoms with Crippen molar-refractivity contribution >= 4 is 17.8 Å².